The second kappa shape index (κ2) is 14.4. The molecule has 0 bridgehead atoms. The van der Waals surface area contributed by atoms with Crippen LogP contribution in [0.2, 0.25) is 0 Å². The lowest BCUT2D eigenvalue weighted by atomic mass is 9.92. The van der Waals surface area contributed by atoms with Gasteiger partial charge in [0.25, 0.3) is 0 Å². The van der Waals surface area contributed by atoms with Gasteiger partial charge in [0.05, 0.1) is 17.9 Å². The first-order chi connectivity index (χ1) is 20.1. The lowest BCUT2D eigenvalue weighted by molar-refractivity contribution is -0.137. The van der Waals surface area contributed by atoms with Crippen molar-refractivity contribution < 1.29 is 29.3 Å². The molecule has 1 aliphatic carbocycles. The van der Waals surface area contributed by atoms with Crippen molar-refractivity contribution in [3.05, 3.63) is 89.2 Å². The predicted octanol–water partition coefficient (Wildman–Crippen LogP) is 7.36. The second-order valence-electron chi connectivity index (χ2n) is 10.8. The van der Waals surface area contributed by atoms with Crippen molar-refractivity contribution in [1.82, 2.24) is 4.57 Å². The van der Waals surface area contributed by atoms with E-state index in [0.717, 1.165) is 46.2 Å². The van der Waals surface area contributed by atoms with Crippen molar-refractivity contribution in [2.24, 2.45) is 0 Å². The summed E-state index contributed by atoms with van der Waals surface area (Å²) in [6, 6.07) is 13.7. The van der Waals surface area contributed by atoms with Crippen molar-refractivity contribution in [1.29, 1.82) is 0 Å². The highest BCUT2D eigenvalue weighted by molar-refractivity contribution is 6.25. The van der Waals surface area contributed by atoms with Gasteiger partial charge in [-0.25, -0.2) is 0 Å². The van der Waals surface area contributed by atoms with Gasteiger partial charge in [0.1, 0.15) is 11.9 Å². The van der Waals surface area contributed by atoms with Crippen molar-refractivity contribution >= 4 is 46.6 Å². The molecule has 1 heterocycles. The van der Waals surface area contributed by atoms with Gasteiger partial charge in [0.2, 0.25) is 0 Å². The molecule has 7 nitrogen and oxygen atoms in total. The van der Waals surface area contributed by atoms with E-state index in [2.05, 4.69) is 0 Å². The number of carbonyl (C=O) groups is 2. The number of halogens is 1. The molecule has 0 radical (unpaired) electrons. The molecule has 1 aromatic heterocycles. The molecule has 222 valence electrons. The van der Waals surface area contributed by atoms with Gasteiger partial charge in [-0.3, -0.25) is 9.59 Å². The van der Waals surface area contributed by atoms with Gasteiger partial charge in [0.15, 0.2) is 0 Å². The summed E-state index contributed by atoms with van der Waals surface area (Å²) in [6.45, 7) is 5.72. The molecule has 3 aromatic rings. The van der Waals surface area contributed by atoms with E-state index >= 15 is 0 Å². The molecule has 4 rings (SSSR count). The highest BCUT2D eigenvalue weighted by atomic mass is 35.5. The maximum absolute atomic E-state index is 11.5. The fourth-order valence-electron chi connectivity index (χ4n) is 5.25. The molecule has 0 saturated heterocycles. The Morgan fingerprint density at radius 2 is 1.79 bits per heavy atom. The van der Waals surface area contributed by atoms with E-state index in [9.17, 15) is 14.7 Å². The number of carboxylic acid groups (broad SMARTS) is 2. The van der Waals surface area contributed by atoms with Crippen LogP contribution in [-0.4, -0.2) is 50.9 Å². The summed E-state index contributed by atoms with van der Waals surface area (Å²) in [6.07, 6.45) is 13.8. The number of allylic oxidation sites excluding steroid dienone is 2. The average molecular weight is 592 g/mol. The fourth-order valence-corrected chi connectivity index (χ4v) is 5.56. The zero-order chi connectivity index (χ0) is 30.1. The number of benzene rings is 2. The SMILES string of the molecule is CC1=CC=CC(C)(Cl)C1OCCCCOc1ccc(C=Cc2cccc3c2c(CC(=O)O)cn3CCCC(=O)O)cc1. The van der Waals surface area contributed by atoms with Crippen molar-refractivity contribution in [2.75, 3.05) is 13.2 Å². The lowest BCUT2D eigenvalue weighted by Gasteiger charge is -2.32. The van der Waals surface area contributed by atoms with E-state index in [1.807, 2.05) is 97.5 Å². The third-order valence-corrected chi connectivity index (χ3v) is 7.61. The molecule has 42 heavy (non-hydrogen) atoms. The van der Waals surface area contributed by atoms with Gasteiger partial charge < -0.3 is 24.3 Å². The van der Waals surface area contributed by atoms with E-state index in [4.69, 9.17) is 26.2 Å². The predicted molar refractivity (Wildman–Crippen MR) is 167 cm³/mol. The minimum Gasteiger partial charge on any atom is -0.494 e. The molecule has 0 spiro atoms. The van der Waals surface area contributed by atoms with E-state index in [-0.39, 0.29) is 18.9 Å². The van der Waals surface area contributed by atoms with Crippen LogP contribution < -0.4 is 4.74 Å². The number of aromatic nitrogens is 1. The summed E-state index contributed by atoms with van der Waals surface area (Å²) < 4.78 is 13.9. The van der Waals surface area contributed by atoms with Crippen LogP contribution in [0.3, 0.4) is 0 Å². The summed E-state index contributed by atoms with van der Waals surface area (Å²) in [5.74, 6) is -0.960. The minimum atomic E-state index is -0.909. The lowest BCUT2D eigenvalue weighted by Crippen LogP contribution is -2.37. The summed E-state index contributed by atoms with van der Waals surface area (Å²) in [4.78, 5) is 22.0. The van der Waals surface area contributed by atoms with Gasteiger partial charge in [-0.15, -0.1) is 11.6 Å². The van der Waals surface area contributed by atoms with Crippen LogP contribution in [0.15, 0.2) is 72.5 Å². The number of aryl methyl sites for hydroxylation is 1. The van der Waals surface area contributed by atoms with E-state index in [0.29, 0.717) is 31.7 Å². The fraction of sp³-hybridized carbons (Fsp3) is 0.353. The maximum atomic E-state index is 11.5. The van der Waals surface area contributed by atoms with Crippen LogP contribution in [0.1, 0.15) is 56.2 Å². The standard InChI is InChI=1S/C34H38ClNO6/c1-24-8-6-18-34(2,35)33(24)42-21-4-3-20-41-28-16-13-25(14-17-28)12-15-26-9-5-10-29-32(26)27(22-31(39)40)23-36(29)19-7-11-30(37)38/h5-6,8-10,12-18,23,33H,3-4,7,11,19-22H2,1-2H3,(H,37,38)(H,39,40). The second-order valence-corrected chi connectivity index (χ2v) is 11.6. The molecule has 0 fully saturated rings. The van der Waals surface area contributed by atoms with Crippen molar-refractivity contribution in [2.45, 2.75) is 63.5 Å². The number of aliphatic carboxylic acids is 2. The van der Waals surface area contributed by atoms with Gasteiger partial charge in [-0.2, -0.15) is 0 Å². The number of alkyl halides is 1. The Labute approximate surface area is 251 Å². The van der Waals surface area contributed by atoms with Crippen LogP contribution >= 0.6 is 11.6 Å². The van der Waals surface area contributed by atoms with Gasteiger partial charge in [0, 0.05) is 36.7 Å². The smallest absolute Gasteiger partial charge is 0.307 e. The van der Waals surface area contributed by atoms with Gasteiger partial charge in [-0.05, 0) is 73.6 Å². The molecule has 2 unspecified atom stereocenters. The summed E-state index contributed by atoms with van der Waals surface area (Å²) >= 11 is 6.58. The number of nitrogens with zero attached hydrogens (tertiary/aromatic N) is 1. The molecular formula is C34H38ClNO6. The molecular weight excluding hydrogens is 554 g/mol. The van der Waals surface area contributed by atoms with Gasteiger partial charge >= 0.3 is 11.9 Å². The number of rotatable bonds is 15. The van der Waals surface area contributed by atoms with Crippen LogP contribution in [-0.2, 0) is 27.3 Å². The molecule has 0 amide bonds. The minimum absolute atomic E-state index is 0.0612. The van der Waals surface area contributed by atoms with Crippen molar-refractivity contribution in [3.8, 4) is 5.75 Å². The Bertz CT molecular complexity index is 1480. The normalized spacial score (nSPS) is 18.5. The third kappa shape index (κ3) is 8.37. The monoisotopic (exact) mass is 591 g/mol. The first-order valence-corrected chi connectivity index (χ1v) is 14.6. The maximum Gasteiger partial charge on any atom is 0.307 e. The largest absolute Gasteiger partial charge is 0.494 e. The summed E-state index contributed by atoms with van der Waals surface area (Å²) in [5, 5.41) is 19.3. The third-order valence-electron chi connectivity index (χ3n) is 7.28. The molecule has 0 aliphatic heterocycles. The highest BCUT2D eigenvalue weighted by Crippen LogP contribution is 2.32. The first kappa shape index (κ1) is 31.1. The van der Waals surface area contributed by atoms with Crippen LogP contribution in [0, 0.1) is 0 Å². The number of ether oxygens (including phenoxy) is 2. The first-order valence-electron chi connectivity index (χ1n) is 14.3. The highest BCUT2D eigenvalue weighted by Gasteiger charge is 2.33. The summed E-state index contributed by atoms with van der Waals surface area (Å²) in [5.41, 5.74) is 4.63. The number of unbranched alkanes of at least 4 members (excludes halogenated alkanes) is 1. The van der Waals surface area contributed by atoms with Crippen molar-refractivity contribution in [3.63, 3.8) is 0 Å². The van der Waals surface area contributed by atoms with E-state index in [1.54, 1.807) is 0 Å². The molecule has 2 atom stereocenters. The topological polar surface area (TPSA) is 98.0 Å². The summed E-state index contributed by atoms with van der Waals surface area (Å²) in [7, 11) is 0. The van der Waals surface area contributed by atoms with Crippen LogP contribution in [0.25, 0.3) is 23.1 Å². The molecule has 2 N–H and O–H groups in total. The van der Waals surface area contributed by atoms with Crippen LogP contribution in [0.5, 0.6) is 5.75 Å². The Morgan fingerprint density at radius 3 is 2.50 bits per heavy atom. The quantitative estimate of drug-likeness (QED) is 0.109. The number of hydrogen-bond acceptors (Lipinski definition) is 4. The number of hydrogen-bond donors (Lipinski definition) is 2. The van der Waals surface area contributed by atoms with Gasteiger partial charge in [-0.1, -0.05) is 54.6 Å². The Hall–Kier alpha value is -3.81. The molecule has 0 saturated carbocycles. The van der Waals surface area contributed by atoms with Crippen LogP contribution in [0.4, 0.5) is 0 Å². The molecule has 2 aromatic carbocycles. The Morgan fingerprint density at radius 1 is 1.02 bits per heavy atom. The Kier molecular flexibility index (Phi) is 10.7. The van der Waals surface area contributed by atoms with E-state index in [1.165, 1.54) is 0 Å². The van der Waals surface area contributed by atoms with E-state index < -0.39 is 16.8 Å². The number of carboxylic acids is 2. The molecule has 1 aliphatic rings. The molecule has 8 heteroatoms. The average Bonchev–Trinajstić information content (AvgIpc) is 3.28. The Balaban J connectivity index is 1.32. The zero-order valence-electron chi connectivity index (χ0n) is 24.1. The number of fused-ring (bicyclic) bond motifs is 1. The zero-order valence-corrected chi connectivity index (χ0v) is 24.8.